The first-order chi connectivity index (χ1) is 13.4. The van der Waals surface area contributed by atoms with Gasteiger partial charge in [-0.15, -0.1) is 0 Å². The van der Waals surface area contributed by atoms with Crippen molar-refractivity contribution in [3.63, 3.8) is 0 Å². The number of nitrogens with one attached hydrogen (secondary N) is 1. The van der Waals surface area contributed by atoms with E-state index in [1.54, 1.807) is 4.90 Å². The van der Waals surface area contributed by atoms with Gasteiger partial charge in [-0.3, -0.25) is 9.59 Å². The van der Waals surface area contributed by atoms with Crippen LogP contribution in [0.2, 0.25) is 0 Å². The molecule has 0 aromatic heterocycles. The molecule has 1 N–H and O–H groups in total. The largest absolute Gasteiger partial charge is 0.352 e. The molecule has 0 bridgehead atoms. The van der Waals surface area contributed by atoms with E-state index in [-0.39, 0.29) is 24.4 Å². The number of amides is 2. The minimum absolute atomic E-state index is 0.00901. The van der Waals surface area contributed by atoms with E-state index >= 15 is 0 Å². The van der Waals surface area contributed by atoms with Crippen LogP contribution in [0, 0.1) is 5.82 Å². The highest BCUT2D eigenvalue weighted by molar-refractivity contribution is 7.89. The summed E-state index contributed by atoms with van der Waals surface area (Å²) in [4.78, 5) is 25.7. The van der Waals surface area contributed by atoms with Crippen molar-refractivity contribution in [1.82, 2.24) is 14.5 Å². The summed E-state index contributed by atoms with van der Waals surface area (Å²) >= 11 is 0. The number of nitrogens with zero attached hydrogens (tertiary/aromatic N) is 2. The third-order valence-electron chi connectivity index (χ3n) is 5.21. The van der Waals surface area contributed by atoms with Gasteiger partial charge in [0.2, 0.25) is 15.9 Å². The number of halogens is 1. The molecule has 3 rings (SSSR count). The van der Waals surface area contributed by atoms with Crippen LogP contribution >= 0.6 is 0 Å². The van der Waals surface area contributed by atoms with Crippen molar-refractivity contribution in [3.8, 4) is 0 Å². The van der Waals surface area contributed by atoms with E-state index in [1.165, 1.54) is 10.4 Å². The fraction of sp³-hybridized carbons (Fsp3) is 0.579. The van der Waals surface area contributed by atoms with E-state index in [0.29, 0.717) is 13.1 Å². The Hall–Kier alpha value is -2.00. The van der Waals surface area contributed by atoms with Gasteiger partial charge in [0.15, 0.2) is 0 Å². The predicted molar refractivity (Wildman–Crippen MR) is 102 cm³/mol. The van der Waals surface area contributed by atoms with E-state index in [4.69, 9.17) is 0 Å². The molecule has 2 amide bonds. The van der Waals surface area contributed by atoms with Crippen molar-refractivity contribution in [2.75, 3.05) is 32.7 Å². The maximum atomic E-state index is 14.2. The van der Waals surface area contributed by atoms with Crippen LogP contribution in [-0.4, -0.2) is 62.2 Å². The van der Waals surface area contributed by atoms with Gasteiger partial charge in [0.1, 0.15) is 10.7 Å². The van der Waals surface area contributed by atoms with Gasteiger partial charge in [-0.2, -0.15) is 4.31 Å². The number of likely N-dealkylation sites (tertiary alicyclic amines) is 1. The number of sulfonamides is 1. The van der Waals surface area contributed by atoms with Gasteiger partial charge in [0.25, 0.3) is 5.91 Å². The summed E-state index contributed by atoms with van der Waals surface area (Å²) in [7, 11) is -3.98. The van der Waals surface area contributed by atoms with Crippen molar-refractivity contribution in [2.45, 2.75) is 43.4 Å². The minimum Gasteiger partial charge on any atom is -0.352 e. The zero-order valence-corrected chi connectivity index (χ0v) is 16.6. The summed E-state index contributed by atoms with van der Waals surface area (Å²) < 4.78 is 41.0. The number of carbonyl (C=O) groups excluding carboxylic acids is 2. The molecule has 9 heteroatoms. The Labute approximate surface area is 164 Å². The smallest absolute Gasteiger partial charge is 0.251 e. The monoisotopic (exact) mass is 411 g/mol. The quantitative estimate of drug-likeness (QED) is 0.773. The first kappa shape index (κ1) is 20.7. The first-order valence-electron chi connectivity index (χ1n) is 9.75. The Morgan fingerprint density at radius 1 is 1.00 bits per heavy atom. The average Bonchev–Trinajstić information content (AvgIpc) is 3.23. The molecule has 1 aromatic carbocycles. The minimum atomic E-state index is -3.98. The van der Waals surface area contributed by atoms with Gasteiger partial charge in [-0.05, 0) is 43.9 Å². The fourth-order valence-corrected chi connectivity index (χ4v) is 5.20. The lowest BCUT2D eigenvalue weighted by atomic mass is 10.2. The number of rotatable bonds is 6. The topological polar surface area (TPSA) is 86.8 Å². The Morgan fingerprint density at radius 2 is 1.64 bits per heavy atom. The van der Waals surface area contributed by atoms with E-state index in [9.17, 15) is 22.4 Å². The normalized spacial score (nSPS) is 18.2. The molecule has 154 valence electrons. The van der Waals surface area contributed by atoms with Crippen LogP contribution in [0.1, 0.15) is 48.9 Å². The Balaban J connectivity index is 1.64. The summed E-state index contributed by atoms with van der Waals surface area (Å²) in [5.41, 5.74) is 0.0607. The van der Waals surface area contributed by atoms with Crippen LogP contribution in [0.4, 0.5) is 4.39 Å². The van der Waals surface area contributed by atoms with Gasteiger partial charge in [0.05, 0.1) is 0 Å². The number of piperidine rings is 1. The van der Waals surface area contributed by atoms with Gasteiger partial charge < -0.3 is 10.2 Å². The molecule has 2 fully saturated rings. The molecule has 2 heterocycles. The summed E-state index contributed by atoms with van der Waals surface area (Å²) in [6.07, 6.45) is 4.63. The second kappa shape index (κ2) is 9.00. The molecule has 0 spiro atoms. The van der Waals surface area contributed by atoms with E-state index in [1.807, 2.05) is 0 Å². The summed E-state index contributed by atoms with van der Waals surface area (Å²) in [5, 5.41) is 2.61. The Bertz CT molecular complexity index is 832. The molecule has 0 radical (unpaired) electrons. The third-order valence-corrected chi connectivity index (χ3v) is 7.12. The first-order valence-corrected chi connectivity index (χ1v) is 11.2. The van der Waals surface area contributed by atoms with Crippen molar-refractivity contribution in [2.24, 2.45) is 0 Å². The summed E-state index contributed by atoms with van der Waals surface area (Å²) in [5.74, 6) is -1.40. The lowest BCUT2D eigenvalue weighted by Crippen LogP contribution is -2.36. The summed E-state index contributed by atoms with van der Waals surface area (Å²) in [6.45, 7) is 2.37. The van der Waals surface area contributed by atoms with Crippen LogP contribution in [0.3, 0.4) is 0 Å². The van der Waals surface area contributed by atoms with Crippen LogP contribution < -0.4 is 5.32 Å². The van der Waals surface area contributed by atoms with Crippen molar-refractivity contribution >= 4 is 21.8 Å². The standard InChI is InChI=1S/C19H26FN3O4S/c20-16-7-6-15(14-17(16)28(26,27)23-12-2-1-3-13-23)19(25)21-9-8-18(24)22-10-4-5-11-22/h6-7,14H,1-5,8-13H2,(H,21,25). The van der Waals surface area contributed by atoms with Crippen molar-refractivity contribution in [3.05, 3.63) is 29.6 Å². The molecule has 7 nitrogen and oxygen atoms in total. The SMILES string of the molecule is O=C(NCCC(=O)N1CCCC1)c1ccc(F)c(S(=O)(=O)N2CCCCC2)c1. The highest BCUT2D eigenvalue weighted by Crippen LogP contribution is 2.24. The second-order valence-electron chi connectivity index (χ2n) is 7.20. The molecule has 28 heavy (non-hydrogen) atoms. The van der Waals surface area contributed by atoms with Crippen molar-refractivity contribution < 1.29 is 22.4 Å². The van der Waals surface area contributed by atoms with Gasteiger partial charge in [-0.25, -0.2) is 12.8 Å². The van der Waals surface area contributed by atoms with Gasteiger partial charge in [0, 0.05) is 44.7 Å². The van der Waals surface area contributed by atoms with Gasteiger partial charge in [-0.1, -0.05) is 6.42 Å². The van der Waals surface area contributed by atoms with E-state index < -0.39 is 26.6 Å². The average molecular weight is 411 g/mol. The number of hydrogen-bond acceptors (Lipinski definition) is 4. The van der Waals surface area contributed by atoms with Crippen LogP contribution in [-0.2, 0) is 14.8 Å². The molecule has 0 aliphatic carbocycles. The lowest BCUT2D eigenvalue weighted by molar-refractivity contribution is -0.129. The van der Waals surface area contributed by atoms with E-state index in [2.05, 4.69) is 5.32 Å². The molecule has 1 aromatic rings. The zero-order valence-electron chi connectivity index (χ0n) is 15.8. The Morgan fingerprint density at radius 3 is 2.32 bits per heavy atom. The number of hydrogen-bond donors (Lipinski definition) is 1. The van der Waals surface area contributed by atoms with E-state index in [0.717, 1.165) is 57.3 Å². The molecule has 2 aliphatic rings. The maximum Gasteiger partial charge on any atom is 0.251 e. The molecular formula is C19H26FN3O4S. The highest BCUT2D eigenvalue weighted by Gasteiger charge is 2.29. The molecule has 2 saturated heterocycles. The molecule has 0 atom stereocenters. The van der Waals surface area contributed by atoms with Crippen LogP contribution in [0.5, 0.6) is 0 Å². The number of benzene rings is 1. The predicted octanol–water partition coefficient (Wildman–Crippen LogP) is 1.74. The third kappa shape index (κ3) is 4.70. The fourth-order valence-electron chi connectivity index (χ4n) is 3.60. The molecule has 0 unspecified atom stereocenters. The maximum absolute atomic E-state index is 14.2. The number of carbonyl (C=O) groups is 2. The highest BCUT2D eigenvalue weighted by atomic mass is 32.2. The second-order valence-corrected chi connectivity index (χ2v) is 9.11. The van der Waals surface area contributed by atoms with Crippen molar-refractivity contribution in [1.29, 1.82) is 0 Å². The Kier molecular flexibility index (Phi) is 6.66. The molecular weight excluding hydrogens is 385 g/mol. The molecule has 0 saturated carbocycles. The van der Waals surface area contributed by atoms with Crippen LogP contribution in [0.25, 0.3) is 0 Å². The van der Waals surface area contributed by atoms with Gasteiger partial charge >= 0.3 is 0 Å². The summed E-state index contributed by atoms with van der Waals surface area (Å²) in [6, 6.07) is 3.33. The lowest BCUT2D eigenvalue weighted by Gasteiger charge is -2.26. The molecule has 2 aliphatic heterocycles. The van der Waals surface area contributed by atoms with Crippen LogP contribution in [0.15, 0.2) is 23.1 Å². The zero-order chi connectivity index (χ0) is 20.1.